The first-order chi connectivity index (χ1) is 8.83. The Labute approximate surface area is 113 Å². The van der Waals surface area contributed by atoms with E-state index in [-0.39, 0.29) is 12.2 Å². The van der Waals surface area contributed by atoms with Crippen molar-refractivity contribution >= 4 is 16.1 Å². The minimum atomic E-state index is -5.84. The highest BCUT2D eigenvalue weighted by Crippen LogP contribution is 2.29. The van der Waals surface area contributed by atoms with E-state index in [1.54, 1.807) is 20.8 Å². The number of carbonyl (C=O) groups excluding carboxylic acids is 1. The van der Waals surface area contributed by atoms with Gasteiger partial charge in [0.2, 0.25) is 0 Å². The zero-order valence-electron chi connectivity index (χ0n) is 10.9. The predicted octanol–water partition coefficient (Wildman–Crippen LogP) is 1.48. The van der Waals surface area contributed by atoms with Gasteiger partial charge in [0, 0.05) is 0 Å². The molecule has 0 atom stereocenters. The molecular weight excluding hydrogens is 305 g/mol. The summed E-state index contributed by atoms with van der Waals surface area (Å²) >= 11 is 0. The third-order valence-electron chi connectivity index (χ3n) is 1.96. The molecule has 0 aliphatic carbocycles. The molecular formula is C10H13F3O6S. The maximum Gasteiger partial charge on any atom is 0.534 e. The smallest absolute Gasteiger partial charge is 0.456 e. The summed E-state index contributed by atoms with van der Waals surface area (Å²) in [5, 5.41) is 0. The van der Waals surface area contributed by atoms with E-state index in [0.29, 0.717) is 0 Å². The van der Waals surface area contributed by atoms with Crippen LogP contribution in [0.5, 0.6) is 0 Å². The second kappa shape index (κ2) is 5.24. The molecule has 1 aliphatic heterocycles. The fourth-order valence-electron chi connectivity index (χ4n) is 1.18. The molecule has 0 saturated heterocycles. The van der Waals surface area contributed by atoms with Crippen LogP contribution in [0.15, 0.2) is 11.3 Å². The molecule has 0 aromatic rings. The lowest BCUT2D eigenvalue weighted by Crippen LogP contribution is -2.28. The molecule has 0 aromatic carbocycles. The van der Waals surface area contributed by atoms with E-state index < -0.39 is 39.6 Å². The van der Waals surface area contributed by atoms with E-state index in [9.17, 15) is 26.4 Å². The SMILES string of the molecule is CC(C)(C)OC(=O)C1=C(OS(=O)(=O)C(F)(F)F)COC1. The highest BCUT2D eigenvalue weighted by molar-refractivity contribution is 7.87. The number of carbonyl (C=O) groups is 1. The van der Waals surface area contributed by atoms with E-state index in [4.69, 9.17) is 9.47 Å². The average Bonchev–Trinajstić information content (AvgIpc) is 2.60. The molecule has 1 heterocycles. The van der Waals surface area contributed by atoms with Crippen molar-refractivity contribution in [1.29, 1.82) is 0 Å². The normalized spacial score (nSPS) is 17.3. The molecule has 0 unspecified atom stereocenters. The quantitative estimate of drug-likeness (QED) is 0.445. The van der Waals surface area contributed by atoms with Gasteiger partial charge in [0.25, 0.3) is 0 Å². The topological polar surface area (TPSA) is 78.9 Å². The van der Waals surface area contributed by atoms with Crippen molar-refractivity contribution in [1.82, 2.24) is 0 Å². The van der Waals surface area contributed by atoms with Crippen LogP contribution in [-0.2, 0) is 28.6 Å². The van der Waals surface area contributed by atoms with Gasteiger partial charge in [0.1, 0.15) is 17.8 Å². The van der Waals surface area contributed by atoms with Crippen LogP contribution in [0.1, 0.15) is 20.8 Å². The zero-order valence-corrected chi connectivity index (χ0v) is 11.7. The maximum atomic E-state index is 12.2. The van der Waals surface area contributed by atoms with Crippen molar-refractivity contribution < 1.29 is 40.0 Å². The Morgan fingerprint density at radius 3 is 2.20 bits per heavy atom. The summed E-state index contributed by atoms with van der Waals surface area (Å²) in [5.41, 5.74) is -6.85. The standard InChI is InChI=1S/C10H13F3O6S/c1-9(2,3)18-8(14)6-4-17-5-7(6)19-20(15,16)10(11,12)13/h4-5H2,1-3H3. The van der Waals surface area contributed by atoms with Crippen LogP contribution in [0.2, 0.25) is 0 Å². The highest BCUT2D eigenvalue weighted by atomic mass is 32.2. The van der Waals surface area contributed by atoms with E-state index in [0.717, 1.165) is 0 Å². The number of halogens is 3. The monoisotopic (exact) mass is 318 g/mol. The molecule has 6 nitrogen and oxygen atoms in total. The van der Waals surface area contributed by atoms with Gasteiger partial charge in [-0.05, 0) is 20.8 Å². The van der Waals surface area contributed by atoms with Gasteiger partial charge in [-0.1, -0.05) is 0 Å². The summed E-state index contributed by atoms with van der Waals surface area (Å²) in [6.45, 7) is 3.72. The summed E-state index contributed by atoms with van der Waals surface area (Å²) in [6.07, 6.45) is 0. The number of rotatable bonds is 3. The number of alkyl halides is 3. The van der Waals surface area contributed by atoms with E-state index in [2.05, 4.69) is 4.18 Å². The van der Waals surface area contributed by atoms with Crippen LogP contribution in [0.3, 0.4) is 0 Å². The maximum absolute atomic E-state index is 12.2. The molecule has 0 saturated carbocycles. The number of ether oxygens (including phenoxy) is 2. The first kappa shape index (κ1) is 16.8. The van der Waals surface area contributed by atoms with Crippen molar-refractivity contribution in [3.8, 4) is 0 Å². The summed E-state index contributed by atoms with van der Waals surface area (Å²) in [4.78, 5) is 11.7. The molecule has 0 N–H and O–H groups in total. The van der Waals surface area contributed by atoms with Crippen molar-refractivity contribution in [2.75, 3.05) is 13.2 Å². The molecule has 1 aliphatic rings. The Hall–Kier alpha value is -1.29. The van der Waals surface area contributed by atoms with Gasteiger partial charge < -0.3 is 13.7 Å². The summed E-state index contributed by atoms with van der Waals surface area (Å²) < 4.78 is 71.9. The highest BCUT2D eigenvalue weighted by Gasteiger charge is 2.49. The summed E-state index contributed by atoms with van der Waals surface area (Å²) in [5.74, 6) is -1.70. The minimum Gasteiger partial charge on any atom is -0.456 e. The first-order valence-corrected chi connectivity index (χ1v) is 6.78. The van der Waals surface area contributed by atoms with Gasteiger partial charge in [0.05, 0.1) is 6.61 Å². The minimum absolute atomic E-state index is 0.377. The molecule has 20 heavy (non-hydrogen) atoms. The third-order valence-corrected chi connectivity index (χ3v) is 2.94. The molecule has 0 radical (unpaired) electrons. The fourth-order valence-corrected chi connectivity index (χ4v) is 1.69. The Bertz CT molecular complexity index is 526. The van der Waals surface area contributed by atoms with Crippen LogP contribution < -0.4 is 0 Å². The molecule has 0 aromatic heterocycles. The van der Waals surface area contributed by atoms with Crippen LogP contribution in [0.25, 0.3) is 0 Å². The number of esters is 1. The molecule has 116 valence electrons. The lowest BCUT2D eigenvalue weighted by atomic mass is 10.2. The van der Waals surface area contributed by atoms with Crippen molar-refractivity contribution in [3.63, 3.8) is 0 Å². The number of hydrogen-bond donors (Lipinski definition) is 0. The van der Waals surface area contributed by atoms with Crippen LogP contribution in [0.4, 0.5) is 13.2 Å². The zero-order chi connectivity index (χ0) is 15.8. The van der Waals surface area contributed by atoms with Gasteiger partial charge in [-0.2, -0.15) is 21.6 Å². The molecule has 10 heteroatoms. The lowest BCUT2D eigenvalue weighted by Gasteiger charge is -2.20. The second-order valence-electron chi connectivity index (χ2n) is 4.88. The summed E-state index contributed by atoms with van der Waals surface area (Å²) in [6, 6.07) is 0. The van der Waals surface area contributed by atoms with E-state index >= 15 is 0 Å². The average molecular weight is 318 g/mol. The Morgan fingerprint density at radius 2 is 1.75 bits per heavy atom. The van der Waals surface area contributed by atoms with Crippen molar-refractivity contribution in [2.24, 2.45) is 0 Å². The molecule has 1 rings (SSSR count). The molecule has 0 spiro atoms. The molecule has 0 amide bonds. The van der Waals surface area contributed by atoms with E-state index in [1.165, 1.54) is 0 Å². The lowest BCUT2D eigenvalue weighted by molar-refractivity contribution is -0.150. The van der Waals surface area contributed by atoms with Gasteiger partial charge >= 0.3 is 21.6 Å². The largest absolute Gasteiger partial charge is 0.534 e. The van der Waals surface area contributed by atoms with Crippen LogP contribution >= 0.6 is 0 Å². The summed E-state index contributed by atoms with van der Waals surface area (Å²) in [7, 11) is -5.84. The Balaban J connectivity index is 2.98. The third kappa shape index (κ3) is 4.10. The molecule has 0 bridgehead atoms. The first-order valence-electron chi connectivity index (χ1n) is 5.37. The Morgan fingerprint density at radius 1 is 1.20 bits per heavy atom. The fraction of sp³-hybridized carbons (Fsp3) is 0.700. The van der Waals surface area contributed by atoms with Crippen molar-refractivity contribution in [3.05, 3.63) is 11.3 Å². The van der Waals surface area contributed by atoms with Crippen molar-refractivity contribution in [2.45, 2.75) is 31.9 Å². The second-order valence-corrected chi connectivity index (χ2v) is 6.42. The van der Waals surface area contributed by atoms with Gasteiger partial charge in [0.15, 0.2) is 5.76 Å². The Kier molecular flexibility index (Phi) is 4.39. The van der Waals surface area contributed by atoms with Gasteiger partial charge in [-0.3, -0.25) is 0 Å². The van der Waals surface area contributed by atoms with Gasteiger partial charge in [-0.25, -0.2) is 4.79 Å². The molecule has 0 fully saturated rings. The number of hydrogen-bond acceptors (Lipinski definition) is 6. The van der Waals surface area contributed by atoms with Crippen LogP contribution in [0, 0.1) is 0 Å². The van der Waals surface area contributed by atoms with E-state index in [1.807, 2.05) is 0 Å². The van der Waals surface area contributed by atoms with Crippen LogP contribution in [-0.4, -0.2) is 38.7 Å². The predicted molar refractivity (Wildman–Crippen MR) is 59.7 cm³/mol. The van der Waals surface area contributed by atoms with Gasteiger partial charge in [-0.15, -0.1) is 0 Å².